The summed E-state index contributed by atoms with van der Waals surface area (Å²) in [6.45, 7) is 9.11. The van der Waals surface area contributed by atoms with Crippen molar-refractivity contribution >= 4 is 11.6 Å². The van der Waals surface area contributed by atoms with Crippen LogP contribution in [0.4, 0.5) is 5.69 Å². The number of hydrogen-bond acceptors (Lipinski definition) is 3. The molecule has 1 saturated heterocycles. The lowest BCUT2D eigenvalue weighted by molar-refractivity contribution is 0.0595. The number of benzene rings is 1. The monoisotopic (exact) mass is 287 g/mol. The standard InChI is InChI=1S/C17H25N3O/c1-13(2)19-8-10-20(11-9-19)17(21)15-5-6-16-14(12-15)4-3-7-18-16/h5-6,12-13,18H,3-4,7-11H2,1-2H3. The Hall–Kier alpha value is -1.55. The summed E-state index contributed by atoms with van der Waals surface area (Å²) in [6.07, 6.45) is 2.22. The third-order valence-corrected chi connectivity index (χ3v) is 4.62. The maximum atomic E-state index is 12.6. The van der Waals surface area contributed by atoms with Gasteiger partial charge in [-0.05, 0) is 50.5 Å². The second kappa shape index (κ2) is 6.06. The number of carbonyl (C=O) groups is 1. The van der Waals surface area contributed by atoms with Crippen molar-refractivity contribution in [3.05, 3.63) is 29.3 Å². The van der Waals surface area contributed by atoms with Gasteiger partial charge in [-0.1, -0.05) is 0 Å². The Kier molecular flexibility index (Phi) is 4.15. The van der Waals surface area contributed by atoms with Crippen LogP contribution >= 0.6 is 0 Å². The molecule has 4 nitrogen and oxygen atoms in total. The Labute approximate surface area is 127 Å². The molecule has 2 aliphatic rings. The molecule has 21 heavy (non-hydrogen) atoms. The average molecular weight is 287 g/mol. The fourth-order valence-electron chi connectivity index (χ4n) is 3.23. The fraction of sp³-hybridized carbons (Fsp3) is 0.588. The van der Waals surface area contributed by atoms with Gasteiger partial charge in [0.15, 0.2) is 0 Å². The topological polar surface area (TPSA) is 35.6 Å². The number of aryl methyl sites for hydroxylation is 1. The molecule has 1 aromatic carbocycles. The highest BCUT2D eigenvalue weighted by Crippen LogP contribution is 2.23. The third kappa shape index (κ3) is 3.05. The molecule has 0 aliphatic carbocycles. The van der Waals surface area contributed by atoms with Gasteiger partial charge in [-0.2, -0.15) is 0 Å². The lowest BCUT2D eigenvalue weighted by Gasteiger charge is -2.37. The lowest BCUT2D eigenvalue weighted by atomic mass is 10.00. The molecule has 4 heteroatoms. The van der Waals surface area contributed by atoms with Gasteiger partial charge in [-0.3, -0.25) is 9.69 Å². The van der Waals surface area contributed by atoms with E-state index in [4.69, 9.17) is 0 Å². The highest BCUT2D eigenvalue weighted by Gasteiger charge is 2.23. The van der Waals surface area contributed by atoms with Crippen LogP contribution in [0.5, 0.6) is 0 Å². The average Bonchev–Trinajstić information content (AvgIpc) is 2.54. The molecule has 0 saturated carbocycles. The summed E-state index contributed by atoms with van der Waals surface area (Å²) in [4.78, 5) is 17.1. The van der Waals surface area contributed by atoms with Gasteiger partial charge in [0, 0.05) is 50.0 Å². The van der Waals surface area contributed by atoms with Crippen LogP contribution in [0.2, 0.25) is 0 Å². The summed E-state index contributed by atoms with van der Waals surface area (Å²) < 4.78 is 0. The molecule has 1 aromatic rings. The van der Waals surface area contributed by atoms with Crippen molar-refractivity contribution in [3.8, 4) is 0 Å². The van der Waals surface area contributed by atoms with Gasteiger partial charge in [-0.15, -0.1) is 0 Å². The molecule has 1 amide bonds. The molecule has 3 rings (SSSR count). The van der Waals surface area contributed by atoms with E-state index in [1.54, 1.807) is 0 Å². The van der Waals surface area contributed by atoms with Crippen LogP contribution in [-0.2, 0) is 6.42 Å². The molecule has 2 heterocycles. The number of anilines is 1. The van der Waals surface area contributed by atoms with E-state index in [0.29, 0.717) is 6.04 Å². The summed E-state index contributed by atoms with van der Waals surface area (Å²) in [7, 11) is 0. The number of carbonyl (C=O) groups excluding carboxylic acids is 1. The fourth-order valence-corrected chi connectivity index (χ4v) is 3.23. The maximum absolute atomic E-state index is 12.6. The number of piperazine rings is 1. The van der Waals surface area contributed by atoms with Gasteiger partial charge in [0.05, 0.1) is 0 Å². The van der Waals surface area contributed by atoms with Crippen LogP contribution in [0.1, 0.15) is 36.2 Å². The van der Waals surface area contributed by atoms with E-state index in [2.05, 4.69) is 36.2 Å². The van der Waals surface area contributed by atoms with Crippen molar-refractivity contribution in [1.29, 1.82) is 0 Å². The van der Waals surface area contributed by atoms with E-state index in [0.717, 1.165) is 51.1 Å². The van der Waals surface area contributed by atoms with Crippen LogP contribution in [0.15, 0.2) is 18.2 Å². The normalized spacial score (nSPS) is 19.3. The van der Waals surface area contributed by atoms with Crippen molar-refractivity contribution in [2.75, 3.05) is 38.0 Å². The molecular formula is C17H25N3O. The minimum absolute atomic E-state index is 0.187. The number of hydrogen-bond donors (Lipinski definition) is 1. The Morgan fingerprint density at radius 2 is 1.95 bits per heavy atom. The van der Waals surface area contributed by atoms with E-state index in [1.165, 1.54) is 11.3 Å². The Balaban J connectivity index is 1.68. The van der Waals surface area contributed by atoms with E-state index < -0.39 is 0 Å². The molecule has 0 radical (unpaired) electrons. The predicted molar refractivity (Wildman–Crippen MR) is 85.9 cm³/mol. The van der Waals surface area contributed by atoms with E-state index in [-0.39, 0.29) is 5.91 Å². The summed E-state index contributed by atoms with van der Waals surface area (Å²) >= 11 is 0. The van der Waals surface area contributed by atoms with Crippen LogP contribution in [0, 0.1) is 0 Å². The second-order valence-corrected chi connectivity index (χ2v) is 6.32. The molecule has 114 valence electrons. The molecule has 2 aliphatic heterocycles. The summed E-state index contributed by atoms with van der Waals surface area (Å²) in [5.74, 6) is 0.187. The highest BCUT2D eigenvalue weighted by atomic mass is 16.2. The van der Waals surface area contributed by atoms with E-state index in [1.807, 2.05) is 11.0 Å². The van der Waals surface area contributed by atoms with Crippen LogP contribution in [-0.4, -0.2) is 54.5 Å². The molecule has 0 spiro atoms. The van der Waals surface area contributed by atoms with Crippen molar-refractivity contribution in [1.82, 2.24) is 9.80 Å². The van der Waals surface area contributed by atoms with E-state index in [9.17, 15) is 4.79 Å². The van der Waals surface area contributed by atoms with Gasteiger partial charge in [0.2, 0.25) is 0 Å². The van der Waals surface area contributed by atoms with Crippen LogP contribution in [0.25, 0.3) is 0 Å². The van der Waals surface area contributed by atoms with Crippen LogP contribution in [0.3, 0.4) is 0 Å². The summed E-state index contributed by atoms with van der Waals surface area (Å²) in [5.41, 5.74) is 3.32. The summed E-state index contributed by atoms with van der Waals surface area (Å²) in [6, 6.07) is 6.68. The number of nitrogens with one attached hydrogen (secondary N) is 1. The molecule has 0 aromatic heterocycles. The number of nitrogens with zero attached hydrogens (tertiary/aromatic N) is 2. The minimum atomic E-state index is 0.187. The lowest BCUT2D eigenvalue weighted by Crippen LogP contribution is -2.50. The number of amides is 1. The zero-order chi connectivity index (χ0) is 14.8. The first-order chi connectivity index (χ1) is 10.1. The van der Waals surface area contributed by atoms with Gasteiger partial charge in [0.25, 0.3) is 5.91 Å². The molecule has 1 N–H and O–H groups in total. The SMILES string of the molecule is CC(C)N1CCN(C(=O)c2ccc3c(c2)CCCN3)CC1. The maximum Gasteiger partial charge on any atom is 0.253 e. The number of fused-ring (bicyclic) bond motifs is 1. The van der Waals surface area contributed by atoms with Gasteiger partial charge < -0.3 is 10.2 Å². The molecule has 0 unspecified atom stereocenters. The molecule has 0 bridgehead atoms. The highest BCUT2D eigenvalue weighted by molar-refractivity contribution is 5.95. The molecular weight excluding hydrogens is 262 g/mol. The molecule has 1 fully saturated rings. The van der Waals surface area contributed by atoms with Crippen molar-refractivity contribution in [3.63, 3.8) is 0 Å². The van der Waals surface area contributed by atoms with Crippen molar-refractivity contribution in [2.45, 2.75) is 32.7 Å². The van der Waals surface area contributed by atoms with Gasteiger partial charge in [0.1, 0.15) is 0 Å². The smallest absolute Gasteiger partial charge is 0.253 e. The first-order valence-corrected chi connectivity index (χ1v) is 8.05. The van der Waals surface area contributed by atoms with Gasteiger partial charge >= 0.3 is 0 Å². The Morgan fingerprint density at radius 1 is 1.19 bits per heavy atom. The summed E-state index contributed by atoms with van der Waals surface area (Å²) in [5, 5.41) is 3.39. The largest absolute Gasteiger partial charge is 0.385 e. The van der Waals surface area contributed by atoms with Gasteiger partial charge in [-0.25, -0.2) is 0 Å². The quantitative estimate of drug-likeness (QED) is 0.906. The first-order valence-electron chi connectivity index (χ1n) is 8.05. The predicted octanol–water partition coefficient (Wildman–Crippen LogP) is 2.21. The first kappa shape index (κ1) is 14.4. The zero-order valence-corrected chi connectivity index (χ0v) is 13.1. The zero-order valence-electron chi connectivity index (χ0n) is 13.1. The minimum Gasteiger partial charge on any atom is -0.385 e. The van der Waals surface area contributed by atoms with Crippen molar-refractivity contribution < 1.29 is 4.79 Å². The Bertz CT molecular complexity index is 519. The third-order valence-electron chi connectivity index (χ3n) is 4.62. The second-order valence-electron chi connectivity index (χ2n) is 6.32. The van der Waals surface area contributed by atoms with Crippen LogP contribution < -0.4 is 5.32 Å². The molecule has 0 atom stereocenters. The number of rotatable bonds is 2. The van der Waals surface area contributed by atoms with Crippen molar-refractivity contribution in [2.24, 2.45) is 0 Å². The Morgan fingerprint density at radius 3 is 2.67 bits per heavy atom. The van der Waals surface area contributed by atoms with E-state index >= 15 is 0 Å².